The number of para-hydroxylation sites is 1. The third-order valence-electron chi connectivity index (χ3n) is 6.12. The molecule has 1 aliphatic heterocycles. The molecule has 6 nitrogen and oxygen atoms in total. The minimum Gasteiger partial charge on any atom is -0.452 e. The second-order valence-corrected chi connectivity index (χ2v) is 9.54. The third kappa shape index (κ3) is 5.29. The van der Waals surface area contributed by atoms with Gasteiger partial charge in [-0.05, 0) is 29.8 Å². The summed E-state index contributed by atoms with van der Waals surface area (Å²) < 4.78 is 20.0. The Morgan fingerprint density at radius 3 is 2.64 bits per heavy atom. The van der Waals surface area contributed by atoms with Crippen molar-refractivity contribution >= 4 is 44.4 Å². The van der Waals surface area contributed by atoms with Crippen LogP contribution in [-0.4, -0.2) is 34.9 Å². The number of pyridine rings is 1. The van der Waals surface area contributed by atoms with Crippen LogP contribution in [-0.2, 0) is 29.0 Å². The van der Waals surface area contributed by atoms with E-state index in [-0.39, 0.29) is 5.69 Å². The van der Waals surface area contributed by atoms with Gasteiger partial charge in [0.1, 0.15) is 5.82 Å². The quantitative estimate of drug-likeness (QED) is 0.323. The zero-order valence-corrected chi connectivity index (χ0v) is 20.9. The third-order valence-corrected chi connectivity index (χ3v) is 6.61. The fraction of sp³-hybridized carbons (Fsp3) is 0.179. The maximum absolute atomic E-state index is 14.1. The van der Waals surface area contributed by atoms with Crippen LogP contribution in [0.5, 0.6) is 0 Å². The molecule has 1 N–H and O–H groups in total. The van der Waals surface area contributed by atoms with Crippen LogP contribution in [0.1, 0.15) is 27.2 Å². The van der Waals surface area contributed by atoms with E-state index in [9.17, 15) is 14.0 Å². The fourth-order valence-corrected chi connectivity index (χ4v) is 4.77. The lowest BCUT2D eigenvalue weighted by atomic mass is 9.95. The molecule has 0 unspecified atom stereocenters. The van der Waals surface area contributed by atoms with Gasteiger partial charge in [0.25, 0.3) is 5.91 Å². The van der Waals surface area contributed by atoms with E-state index in [2.05, 4.69) is 38.3 Å². The average molecular weight is 548 g/mol. The highest BCUT2D eigenvalue weighted by atomic mass is 79.9. The minimum absolute atomic E-state index is 0.0162. The molecule has 0 bridgehead atoms. The molecule has 0 spiro atoms. The second-order valence-electron chi connectivity index (χ2n) is 8.62. The number of halogens is 2. The van der Waals surface area contributed by atoms with Gasteiger partial charge in [-0.15, -0.1) is 0 Å². The molecule has 2 heterocycles. The highest BCUT2D eigenvalue weighted by Crippen LogP contribution is 2.29. The van der Waals surface area contributed by atoms with Crippen LogP contribution in [0.3, 0.4) is 0 Å². The van der Waals surface area contributed by atoms with E-state index in [4.69, 9.17) is 9.72 Å². The fourth-order valence-electron chi connectivity index (χ4n) is 4.44. The number of nitrogens with zero attached hydrogens (tertiary/aromatic N) is 2. The van der Waals surface area contributed by atoms with Gasteiger partial charge in [0, 0.05) is 47.2 Å². The molecule has 0 saturated carbocycles. The average Bonchev–Trinajstić information content (AvgIpc) is 2.88. The van der Waals surface area contributed by atoms with Crippen LogP contribution in [0, 0.1) is 5.82 Å². The molecular formula is C28H23BrFN3O3. The summed E-state index contributed by atoms with van der Waals surface area (Å²) in [5, 5.41) is 3.13. The van der Waals surface area contributed by atoms with Crippen molar-refractivity contribution in [2.45, 2.75) is 19.5 Å². The van der Waals surface area contributed by atoms with E-state index in [1.54, 1.807) is 6.07 Å². The lowest BCUT2D eigenvalue weighted by Crippen LogP contribution is -2.32. The Hall–Kier alpha value is -3.62. The summed E-state index contributed by atoms with van der Waals surface area (Å²) >= 11 is 3.18. The van der Waals surface area contributed by atoms with Crippen molar-refractivity contribution in [2.75, 3.05) is 18.5 Å². The Labute approximate surface area is 216 Å². The number of nitrogens with one attached hydrogen (secondary N) is 1. The summed E-state index contributed by atoms with van der Waals surface area (Å²) in [6.07, 6.45) is 0.705. The zero-order chi connectivity index (χ0) is 25.1. The number of aromatic nitrogens is 1. The van der Waals surface area contributed by atoms with E-state index in [0.29, 0.717) is 33.9 Å². The van der Waals surface area contributed by atoms with Crippen molar-refractivity contribution < 1.29 is 18.7 Å². The molecule has 0 aliphatic carbocycles. The normalized spacial score (nSPS) is 13.3. The number of rotatable bonds is 6. The predicted molar refractivity (Wildman–Crippen MR) is 139 cm³/mol. The molecule has 4 aromatic rings. The second kappa shape index (κ2) is 10.6. The van der Waals surface area contributed by atoms with Gasteiger partial charge in [0.15, 0.2) is 6.61 Å². The number of amides is 1. The molecule has 0 radical (unpaired) electrons. The van der Waals surface area contributed by atoms with Crippen LogP contribution < -0.4 is 5.32 Å². The molecule has 0 fully saturated rings. The lowest BCUT2D eigenvalue weighted by molar-refractivity contribution is -0.119. The summed E-state index contributed by atoms with van der Waals surface area (Å²) in [6, 6.07) is 21.9. The van der Waals surface area contributed by atoms with Crippen molar-refractivity contribution in [3.8, 4) is 0 Å². The number of fused-ring (bicyclic) bond motifs is 2. The summed E-state index contributed by atoms with van der Waals surface area (Å²) in [5.41, 5.74) is 4.03. The lowest BCUT2D eigenvalue weighted by Gasteiger charge is -2.30. The van der Waals surface area contributed by atoms with Crippen LogP contribution >= 0.6 is 15.9 Å². The number of benzene rings is 3. The first-order valence-corrected chi connectivity index (χ1v) is 12.4. The molecule has 1 aromatic heterocycles. The van der Waals surface area contributed by atoms with E-state index in [1.807, 2.05) is 42.5 Å². The van der Waals surface area contributed by atoms with Crippen LogP contribution in [0.4, 0.5) is 10.1 Å². The molecule has 8 heteroatoms. The number of carbonyl (C=O) groups is 2. The summed E-state index contributed by atoms with van der Waals surface area (Å²) in [4.78, 5) is 32.8. The monoisotopic (exact) mass is 547 g/mol. The van der Waals surface area contributed by atoms with Crippen molar-refractivity contribution in [3.05, 3.63) is 105 Å². The zero-order valence-electron chi connectivity index (χ0n) is 19.3. The molecule has 36 heavy (non-hydrogen) atoms. The number of esters is 1. The molecule has 5 rings (SSSR count). The smallest absolute Gasteiger partial charge is 0.339 e. The van der Waals surface area contributed by atoms with E-state index < -0.39 is 24.3 Å². The molecule has 3 aromatic carbocycles. The van der Waals surface area contributed by atoms with Gasteiger partial charge in [0.2, 0.25) is 0 Å². The Morgan fingerprint density at radius 2 is 1.83 bits per heavy atom. The largest absolute Gasteiger partial charge is 0.452 e. The van der Waals surface area contributed by atoms with Gasteiger partial charge >= 0.3 is 5.97 Å². The SMILES string of the molecule is O=C(COC(=O)c1c2c(nc3ccccc13)CCN(Cc1ccccc1)C2)Nc1ccc(Br)cc1F. The maximum Gasteiger partial charge on any atom is 0.339 e. The first-order valence-electron chi connectivity index (χ1n) is 11.6. The van der Waals surface area contributed by atoms with Gasteiger partial charge in [-0.25, -0.2) is 9.18 Å². The molecule has 0 atom stereocenters. The molecule has 0 saturated heterocycles. The number of carbonyl (C=O) groups excluding carboxylic acids is 2. The number of hydrogen-bond donors (Lipinski definition) is 1. The van der Waals surface area contributed by atoms with Crippen molar-refractivity contribution in [1.29, 1.82) is 0 Å². The molecular weight excluding hydrogens is 525 g/mol. The topological polar surface area (TPSA) is 71.5 Å². The Morgan fingerprint density at radius 1 is 1.06 bits per heavy atom. The van der Waals surface area contributed by atoms with Crippen molar-refractivity contribution in [2.24, 2.45) is 0 Å². The van der Waals surface area contributed by atoms with E-state index >= 15 is 0 Å². The first-order chi connectivity index (χ1) is 17.5. The number of anilines is 1. The van der Waals surface area contributed by atoms with Gasteiger partial charge in [-0.2, -0.15) is 0 Å². The van der Waals surface area contributed by atoms with E-state index in [1.165, 1.54) is 17.7 Å². The summed E-state index contributed by atoms with van der Waals surface area (Å²) in [5.74, 6) is -1.81. The molecule has 182 valence electrons. The van der Waals surface area contributed by atoms with E-state index in [0.717, 1.165) is 24.3 Å². The van der Waals surface area contributed by atoms with Crippen LogP contribution in [0.15, 0.2) is 77.3 Å². The highest BCUT2D eigenvalue weighted by Gasteiger charge is 2.27. The summed E-state index contributed by atoms with van der Waals surface area (Å²) in [7, 11) is 0. The van der Waals surface area contributed by atoms with Gasteiger partial charge in [-0.1, -0.05) is 64.5 Å². The van der Waals surface area contributed by atoms with Crippen LogP contribution in [0.2, 0.25) is 0 Å². The molecule has 1 amide bonds. The Balaban J connectivity index is 1.37. The Kier molecular flexibility index (Phi) is 7.06. The highest BCUT2D eigenvalue weighted by molar-refractivity contribution is 9.10. The number of ether oxygens (including phenoxy) is 1. The predicted octanol–water partition coefficient (Wildman–Crippen LogP) is 5.49. The minimum atomic E-state index is -0.623. The maximum atomic E-state index is 14.1. The standard InChI is InChI=1S/C28H23BrFN3O3/c29-19-10-11-25(22(30)14-19)32-26(34)17-36-28(35)27-20-8-4-5-9-23(20)31-24-12-13-33(16-21(24)27)15-18-6-2-1-3-7-18/h1-11,14H,12-13,15-17H2,(H,32,34). The van der Waals surface area contributed by atoms with Gasteiger partial charge in [0.05, 0.1) is 16.8 Å². The summed E-state index contributed by atoms with van der Waals surface area (Å²) in [6.45, 7) is 1.59. The molecule has 1 aliphatic rings. The van der Waals surface area contributed by atoms with Crippen molar-refractivity contribution in [3.63, 3.8) is 0 Å². The van der Waals surface area contributed by atoms with Gasteiger partial charge < -0.3 is 10.1 Å². The van der Waals surface area contributed by atoms with Crippen LogP contribution in [0.25, 0.3) is 10.9 Å². The number of hydrogen-bond acceptors (Lipinski definition) is 5. The Bertz CT molecular complexity index is 1450. The van der Waals surface area contributed by atoms with Gasteiger partial charge in [-0.3, -0.25) is 14.7 Å². The van der Waals surface area contributed by atoms with Crippen molar-refractivity contribution in [1.82, 2.24) is 9.88 Å². The first kappa shape index (κ1) is 24.1.